The highest BCUT2D eigenvalue weighted by Gasteiger charge is 2.08. The monoisotopic (exact) mass is 211 g/mol. The third-order valence-corrected chi connectivity index (χ3v) is 3.40. The van der Waals surface area contributed by atoms with E-state index in [9.17, 15) is 0 Å². The lowest BCUT2D eigenvalue weighted by Gasteiger charge is -1.91. The molecule has 1 heterocycles. The second kappa shape index (κ2) is 3.64. The summed E-state index contributed by atoms with van der Waals surface area (Å²) in [6.45, 7) is 2.16. The van der Waals surface area contributed by atoms with Gasteiger partial charge >= 0.3 is 0 Å². The SMILES string of the molecule is CC1C=Cc2nc(CCl)sc2C=C1. The van der Waals surface area contributed by atoms with Crippen LogP contribution >= 0.6 is 22.9 Å². The molecule has 68 valence electrons. The van der Waals surface area contributed by atoms with Crippen LogP contribution in [0.25, 0.3) is 12.2 Å². The summed E-state index contributed by atoms with van der Waals surface area (Å²) >= 11 is 7.39. The first-order valence-corrected chi connectivity index (χ1v) is 5.57. The zero-order valence-electron chi connectivity index (χ0n) is 7.33. The van der Waals surface area contributed by atoms with Crippen molar-refractivity contribution in [1.29, 1.82) is 0 Å². The zero-order valence-corrected chi connectivity index (χ0v) is 8.90. The van der Waals surface area contributed by atoms with Crippen LogP contribution in [0.15, 0.2) is 12.2 Å². The smallest absolute Gasteiger partial charge is 0.109 e. The van der Waals surface area contributed by atoms with Gasteiger partial charge in [0.1, 0.15) is 5.01 Å². The summed E-state index contributed by atoms with van der Waals surface area (Å²) in [6, 6.07) is 0. The Labute approximate surface area is 86.8 Å². The van der Waals surface area contributed by atoms with Gasteiger partial charge in [-0.2, -0.15) is 0 Å². The van der Waals surface area contributed by atoms with Crippen LogP contribution in [0.3, 0.4) is 0 Å². The Bertz CT molecular complexity index is 334. The molecule has 2 rings (SSSR count). The van der Waals surface area contributed by atoms with E-state index in [0.29, 0.717) is 11.8 Å². The molecule has 0 amide bonds. The number of rotatable bonds is 1. The number of hydrogen-bond donors (Lipinski definition) is 0. The van der Waals surface area contributed by atoms with Crippen molar-refractivity contribution < 1.29 is 0 Å². The summed E-state index contributed by atoms with van der Waals surface area (Å²) in [6.07, 6.45) is 8.54. The van der Waals surface area contributed by atoms with Crippen molar-refractivity contribution >= 4 is 35.1 Å². The summed E-state index contributed by atoms with van der Waals surface area (Å²) in [4.78, 5) is 5.63. The van der Waals surface area contributed by atoms with E-state index in [-0.39, 0.29) is 0 Å². The largest absolute Gasteiger partial charge is 0.240 e. The summed E-state index contributed by atoms with van der Waals surface area (Å²) in [5.74, 6) is 1.01. The molecule has 13 heavy (non-hydrogen) atoms. The molecule has 0 saturated carbocycles. The van der Waals surface area contributed by atoms with Gasteiger partial charge in [-0.25, -0.2) is 4.98 Å². The Morgan fingerprint density at radius 1 is 1.46 bits per heavy atom. The normalized spacial score (nSPS) is 20.0. The molecule has 1 atom stereocenters. The van der Waals surface area contributed by atoms with E-state index in [0.717, 1.165) is 10.7 Å². The Morgan fingerprint density at radius 2 is 2.23 bits per heavy atom. The predicted octanol–water partition coefficient (Wildman–Crippen LogP) is 3.56. The second-order valence-electron chi connectivity index (χ2n) is 3.07. The molecule has 1 aliphatic rings. The molecule has 3 heteroatoms. The van der Waals surface area contributed by atoms with Crippen molar-refractivity contribution in [3.05, 3.63) is 27.7 Å². The highest BCUT2D eigenvalue weighted by molar-refractivity contribution is 7.13. The van der Waals surface area contributed by atoms with Crippen molar-refractivity contribution in [2.75, 3.05) is 0 Å². The lowest BCUT2D eigenvalue weighted by atomic mass is 10.2. The minimum atomic E-state index is 0.501. The lowest BCUT2D eigenvalue weighted by Crippen LogP contribution is -1.79. The number of thiazole rings is 1. The molecule has 0 fully saturated rings. The predicted molar refractivity (Wildman–Crippen MR) is 58.9 cm³/mol. The first kappa shape index (κ1) is 8.97. The fraction of sp³-hybridized carbons (Fsp3) is 0.300. The first-order chi connectivity index (χ1) is 6.29. The molecule has 0 aliphatic heterocycles. The van der Waals surface area contributed by atoms with Gasteiger partial charge in [0, 0.05) is 0 Å². The number of hydrogen-bond acceptors (Lipinski definition) is 2. The van der Waals surface area contributed by atoms with E-state index in [2.05, 4.69) is 36.2 Å². The maximum absolute atomic E-state index is 5.72. The molecule has 0 radical (unpaired) electrons. The minimum absolute atomic E-state index is 0.501. The number of fused-ring (bicyclic) bond motifs is 1. The molecule has 1 aliphatic carbocycles. The van der Waals surface area contributed by atoms with Crippen molar-refractivity contribution in [3.63, 3.8) is 0 Å². The van der Waals surface area contributed by atoms with Crippen LogP contribution in [0.1, 0.15) is 22.5 Å². The highest BCUT2D eigenvalue weighted by Crippen LogP contribution is 2.26. The number of nitrogens with zero attached hydrogens (tertiary/aromatic N) is 1. The van der Waals surface area contributed by atoms with Gasteiger partial charge < -0.3 is 0 Å². The van der Waals surface area contributed by atoms with Gasteiger partial charge in [0.15, 0.2) is 0 Å². The van der Waals surface area contributed by atoms with E-state index in [1.54, 1.807) is 11.3 Å². The van der Waals surface area contributed by atoms with Gasteiger partial charge in [0.25, 0.3) is 0 Å². The van der Waals surface area contributed by atoms with Crippen LogP contribution in [0.5, 0.6) is 0 Å². The van der Waals surface area contributed by atoms with Gasteiger partial charge in [0.05, 0.1) is 16.5 Å². The number of aromatic nitrogens is 1. The Hall–Kier alpha value is -0.600. The topological polar surface area (TPSA) is 12.9 Å². The van der Waals surface area contributed by atoms with E-state index >= 15 is 0 Å². The standard InChI is InChI=1S/C10H10ClNS/c1-7-2-4-8-9(5-3-7)13-10(6-11)12-8/h2-5,7H,6H2,1H3. The Kier molecular flexibility index (Phi) is 2.51. The van der Waals surface area contributed by atoms with Gasteiger partial charge in [0.2, 0.25) is 0 Å². The maximum atomic E-state index is 5.72. The summed E-state index contributed by atoms with van der Waals surface area (Å²) < 4.78 is 0. The first-order valence-electron chi connectivity index (χ1n) is 4.21. The Morgan fingerprint density at radius 3 is 3.00 bits per heavy atom. The number of alkyl halides is 1. The van der Waals surface area contributed by atoms with Crippen LogP contribution in [0.2, 0.25) is 0 Å². The highest BCUT2D eigenvalue weighted by atomic mass is 35.5. The summed E-state index contributed by atoms with van der Waals surface area (Å²) in [5, 5.41) is 0.996. The molecular formula is C10H10ClNS. The second-order valence-corrected chi connectivity index (χ2v) is 4.45. The zero-order chi connectivity index (χ0) is 9.26. The molecule has 1 unspecified atom stereocenters. The van der Waals surface area contributed by atoms with Crippen LogP contribution in [-0.2, 0) is 5.88 Å². The van der Waals surface area contributed by atoms with Crippen molar-refractivity contribution in [2.24, 2.45) is 5.92 Å². The van der Waals surface area contributed by atoms with E-state index in [1.165, 1.54) is 4.88 Å². The van der Waals surface area contributed by atoms with Crippen molar-refractivity contribution in [1.82, 2.24) is 4.98 Å². The van der Waals surface area contributed by atoms with E-state index < -0.39 is 0 Å². The third-order valence-electron chi connectivity index (χ3n) is 1.95. The quantitative estimate of drug-likeness (QED) is 0.648. The lowest BCUT2D eigenvalue weighted by molar-refractivity contribution is 0.953. The van der Waals surface area contributed by atoms with Gasteiger partial charge in [-0.3, -0.25) is 0 Å². The molecule has 0 bridgehead atoms. The van der Waals surface area contributed by atoms with E-state index in [1.807, 2.05) is 0 Å². The molecule has 1 aromatic rings. The molecule has 0 aromatic carbocycles. The molecule has 0 spiro atoms. The van der Waals surface area contributed by atoms with Gasteiger partial charge in [-0.1, -0.05) is 19.1 Å². The van der Waals surface area contributed by atoms with E-state index in [4.69, 9.17) is 11.6 Å². The molecule has 0 saturated heterocycles. The van der Waals surface area contributed by atoms with Crippen LogP contribution < -0.4 is 0 Å². The van der Waals surface area contributed by atoms with Crippen molar-refractivity contribution in [3.8, 4) is 0 Å². The third kappa shape index (κ3) is 1.84. The van der Waals surface area contributed by atoms with Crippen LogP contribution in [0, 0.1) is 5.92 Å². The molecule has 0 N–H and O–H groups in total. The van der Waals surface area contributed by atoms with Gasteiger partial charge in [-0.05, 0) is 18.1 Å². The number of allylic oxidation sites excluding steroid dienone is 2. The average Bonchev–Trinajstić information content (AvgIpc) is 2.47. The molecule has 1 aromatic heterocycles. The Balaban J connectivity index is 2.42. The minimum Gasteiger partial charge on any atom is -0.240 e. The number of halogens is 1. The fourth-order valence-electron chi connectivity index (χ4n) is 1.23. The van der Waals surface area contributed by atoms with Crippen molar-refractivity contribution in [2.45, 2.75) is 12.8 Å². The molecule has 1 nitrogen and oxygen atoms in total. The van der Waals surface area contributed by atoms with Crippen LogP contribution in [-0.4, -0.2) is 4.98 Å². The summed E-state index contributed by atoms with van der Waals surface area (Å²) in [7, 11) is 0. The molecular weight excluding hydrogens is 202 g/mol. The average molecular weight is 212 g/mol. The summed E-state index contributed by atoms with van der Waals surface area (Å²) in [5.41, 5.74) is 1.06. The van der Waals surface area contributed by atoms with Crippen LogP contribution in [0.4, 0.5) is 0 Å². The van der Waals surface area contributed by atoms with Gasteiger partial charge in [-0.15, -0.1) is 22.9 Å². The maximum Gasteiger partial charge on any atom is 0.109 e. The fourth-order valence-corrected chi connectivity index (χ4v) is 2.27.